The normalized spacial score (nSPS) is 13.0. The van der Waals surface area contributed by atoms with E-state index in [9.17, 15) is 0 Å². The fourth-order valence-electron chi connectivity index (χ4n) is 9.27. The molecule has 11 rings (SSSR count). The van der Waals surface area contributed by atoms with Crippen LogP contribution in [0.1, 0.15) is 25.0 Å². The molecule has 0 N–H and O–H groups in total. The van der Waals surface area contributed by atoms with Crippen LogP contribution >= 0.6 is 0 Å². The van der Waals surface area contributed by atoms with E-state index in [4.69, 9.17) is 0 Å². The molecule has 0 aromatic heterocycles. The van der Waals surface area contributed by atoms with Gasteiger partial charge in [-0.15, -0.1) is 0 Å². The van der Waals surface area contributed by atoms with Gasteiger partial charge in [-0.3, -0.25) is 0 Å². The summed E-state index contributed by atoms with van der Waals surface area (Å²) in [6.45, 7) is 4.76. The molecule has 0 spiro atoms. The van der Waals surface area contributed by atoms with Crippen LogP contribution in [0.4, 0.5) is 17.1 Å². The minimum Gasteiger partial charge on any atom is -0.310 e. The maximum absolute atomic E-state index is 2.43. The van der Waals surface area contributed by atoms with Crippen LogP contribution in [0.5, 0.6) is 0 Å². The van der Waals surface area contributed by atoms with Gasteiger partial charge >= 0.3 is 0 Å². The van der Waals surface area contributed by atoms with E-state index >= 15 is 0 Å². The second-order valence-corrected chi connectivity index (χ2v) is 15.8. The highest BCUT2D eigenvalue weighted by atomic mass is 15.1. The minimum absolute atomic E-state index is 0.164. The lowest BCUT2D eigenvalue weighted by atomic mass is 9.81. The average molecular weight is 714 g/mol. The Bertz CT molecular complexity index is 3170. The molecule has 1 aliphatic carbocycles. The Hall–Kier alpha value is -6.96. The highest BCUT2D eigenvalue weighted by Gasteiger charge is 2.36. The number of hydrogen-bond donors (Lipinski definition) is 0. The molecule has 0 saturated carbocycles. The molecule has 0 unspecified atom stereocenters. The van der Waals surface area contributed by atoms with Crippen molar-refractivity contribution in [2.45, 2.75) is 19.3 Å². The Balaban J connectivity index is 0.987. The molecule has 1 heteroatoms. The second-order valence-electron chi connectivity index (χ2n) is 15.8. The van der Waals surface area contributed by atoms with Crippen molar-refractivity contribution in [3.8, 4) is 33.4 Å². The van der Waals surface area contributed by atoms with Gasteiger partial charge in [0.05, 0.1) is 0 Å². The third-order valence-corrected chi connectivity index (χ3v) is 12.2. The molecular weight excluding hydrogens is 675 g/mol. The summed E-state index contributed by atoms with van der Waals surface area (Å²) in [5, 5.41) is 10.1. The molecule has 0 atom stereocenters. The van der Waals surface area contributed by atoms with Gasteiger partial charge in [0, 0.05) is 22.5 Å². The van der Waals surface area contributed by atoms with E-state index in [1.54, 1.807) is 0 Å². The summed E-state index contributed by atoms with van der Waals surface area (Å²) in [5.74, 6) is 0. The maximum Gasteiger partial charge on any atom is 0.0468 e. The van der Waals surface area contributed by atoms with Gasteiger partial charge in [0.1, 0.15) is 0 Å². The molecule has 0 saturated heterocycles. The quantitative estimate of drug-likeness (QED) is 0.161. The van der Waals surface area contributed by atoms with Gasteiger partial charge in [-0.05, 0) is 148 Å². The Morgan fingerprint density at radius 1 is 0.304 bits per heavy atom. The zero-order valence-electron chi connectivity index (χ0n) is 31.5. The van der Waals surface area contributed by atoms with E-state index < -0.39 is 0 Å². The monoisotopic (exact) mass is 713 g/mol. The first-order chi connectivity index (χ1) is 27.5. The van der Waals surface area contributed by atoms with Crippen molar-refractivity contribution in [2.24, 2.45) is 0 Å². The molecule has 264 valence electrons. The topological polar surface area (TPSA) is 3.24 Å². The molecule has 10 aromatic carbocycles. The summed E-state index contributed by atoms with van der Waals surface area (Å²) in [6, 6.07) is 74.0. The van der Waals surface area contributed by atoms with Crippen molar-refractivity contribution in [3.63, 3.8) is 0 Å². The van der Waals surface area contributed by atoms with Crippen LogP contribution in [0.3, 0.4) is 0 Å². The third kappa shape index (κ3) is 5.16. The Labute approximate surface area is 327 Å². The summed E-state index contributed by atoms with van der Waals surface area (Å²) in [7, 11) is 0. The summed E-state index contributed by atoms with van der Waals surface area (Å²) < 4.78 is 0. The summed E-state index contributed by atoms with van der Waals surface area (Å²) in [4.78, 5) is 2.41. The number of nitrogens with zero attached hydrogens (tertiary/aromatic N) is 1. The molecule has 10 aromatic rings. The number of para-hydroxylation sites is 1. The molecule has 0 radical (unpaired) electrons. The largest absolute Gasteiger partial charge is 0.310 e. The Morgan fingerprint density at radius 2 is 0.821 bits per heavy atom. The molecule has 0 bridgehead atoms. The predicted molar refractivity (Wildman–Crippen MR) is 240 cm³/mol. The lowest BCUT2D eigenvalue weighted by Gasteiger charge is -2.28. The fourth-order valence-corrected chi connectivity index (χ4v) is 9.27. The van der Waals surface area contributed by atoms with Gasteiger partial charge in [-0.2, -0.15) is 0 Å². The van der Waals surface area contributed by atoms with Crippen molar-refractivity contribution < 1.29 is 0 Å². The van der Waals surface area contributed by atoms with Crippen LogP contribution in [0.2, 0.25) is 0 Å². The van der Waals surface area contributed by atoms with Crippen molar-refractivity contribution in [3.05, 3.63) is 211 Å². The molecule has 1 nitrogen and oxygen atoms in total. The average Bonchev–Trinajstić information content (AvgIpc) is 3.48. The predicted octanol–water partition coefficient (Wildman–Crippen LogP) is 15.4. The second kappa shape index (κ2) is 12.5. The number of anilines is 3. The zero-order valence-corrected chi connectivity index (χ0v) is 31.5. The summed E-state index contributed by atoms with van der Waals surface area (Å²) >= 11 is 0. The molecule has 56 heavy (non-hydrogen) atoms. The lowest BCUT2D eigenvalue weighted by Crippen LogP contribution is -2.16. The van der Waals surface area contributed by atoms with Crippen molar-refractivity contribution >= 4 is 60.2 Å². The number of hydrogen-bond acceptors (Lipinski definition) is 1. The Kier molecular flexibility index (Phi) is 7.28. The zero-order chi connectivity index (χ0) is 37.4. The fraction of sp³-hybridized carbons (Fsp3) is 0.0545. The van der Waals surface area contributed by atoms with E-state index in [1.165, 1.54) is 87.6 Å². The highest BCUT2D eigenvalue weighted by Crippen LogP contribution is 2.52. The summed E-state index contributed by atoms with van der Waals surface area (Å²) in [6.07, 6.45) is 0. The van der Waals surface area contributed by atoms with Crippen LogP contribution in [0.25, 0.3) is 76.5 Å². The molecule has 1 aliphatic rings. The van der Waals surface area contributed by atoms with Gasteiger partial charge < -0.3 is 4.90 Å². The van der Waals surface area contributed by atoms with Crippen LogP contribution in [0.15, 0.2) is 200 Å². The highest BCUT2D eigenvalue weighted by molar-refractivity contribution is 6.14. The van der Waals surface area contributed by atoms with E-state index in [2.05, 4.69) is 219 Å². The molecule has 0 aliphatic heterocycles. The van der Waals surface area contributed by atoms with Gasteiger partial charge in [0.15, 0.2) is 0 Å². The van der Waals surface area contributed by atoms with Crippen molar-refractivity contribution in [2.75, 3.05) is 4.90 Å². The third-order valence-electron chi connectivity index (χ3n) is 12.2. The lowest BCUT2D eigenvalue weighted by molar-refractivity contribution is 0.660. The van der Waals surface area contributed by atoms with Gasteiger partial charge in [0.25, 0.3) is 0 Å². The number of fused-ring (bicyclic) bond motifs is 8. The number of benzene rings is 10. The molecule has 0 amide bonds. The Morgan fingerprint density at radius 3 is 1.66 bits per heavy atom. The van der Waals surface area contributed by atoms with Crippen LogP contribution in [-0.4, -0.2) is 0 Å². The first kappa shape index (κ1) is 32.5. The standard InChI is InChI=1S/C55H39N/c1-55(2)53-34-41(38-21-20-36-12-6-7-13-37(36)30-38)25-28-50(53)51-29-27-46(35-54(51)55)56(44-15-4-3-5-16-44)45-26-24-39-31-43(23-22-40(39)32-45)52-33-42-14-8-9-17-47(42)48-18-10-11-19-49(48)52/h3-35H,1-2H3. The minimum atomic E-state index is -0.164. The maximum atomic E-state index is 2.43. The smallest absolute Gasteiger partial charge is 0.0468 e. The van der Waals surface area contributed by atoms with E-state index in [1.807, 2.05) is 0 Å². The molecule has 0 fully saturated rings. The SMILES string of the molecule is CC1(C)c2cc(-c3ccc4ccccc4c3)ccc2-c2ccc(N(c3ccccc3)c3ccc4cc(-c5cc6ccccc6c6ccccc56)ccc4c3)cc21. The van der Waals surface area contributed by atoms with E-state index in [0.717, 1.165) is 17.1 Å². The first-order valence-electron chi connectivity index (χ1n) is 19.6. The number of rotatable bonds is 5. The van der Waals surface area contributed by atoms with Gasteiger partial charge in [0.2, 0.25) is 0 Å². The first-order valence-corrected chi connectivity index (χ1v) is 19.6. The van der Waals surface area contributed by atoms with E-state index in [-0.39, 0.29) is 5.41 Å². The molecule has 0 heterocycles. The van der Waals surface area contributed by atoms with Gasteiger partial charge in [-0.25, -0.2) is 0 Å². The van der Waals surface area contributed by atoms with Crippen LogP contribution in [0, 0.1) is 0 Å². The van der Waals surface area contributed by atoms with Gasteiger partial charge in [-0.1, -0.05) is 153 Å². The van der Waals surface area contributed by atoms with Crippen molar-refractivity contribution in [1.82, 2.24) is 0 Å². The summed E-state index contributed by atoms with van der Waals surface area (Å²) in [5.41, 5.74) is 13.7. The van der Waals surface area contributed by atoms with Crippen molar-refractivity contribution in [1.29, 1.82) is 0 Å². The van der Waals surface area contributed by atoms with E-state index in [0.29, 0.717) is 0 Å². The van der Waals surface area contributed by atoms with Crippen LogP contribution in [-0.2, 0) is 5.41 Å². The van der Waals surface area contributed by atoms with Crippen LogP contribution < -0.4 is 4.90 Å². The molecular formula is C55H39N.